The van der Waals surface area contributed by atoms with Crippen molar-refractivity contribution in [2.75, 3.05) is 0 Å². The van der Waals surface area contributed by atoms with Gasteiger partial charge in [0.05, 0.1) is 0 Å². The van der Waals surface area contributed by atoms with Crippen molar-refractivity contribution in [1.82, 2.24) is 5.43 Å². The summed E-state index contributed by atoms with van der Waals surface area (Å²) in [6.45, 7) is 4.15. The molecule has 3 heteroatoms. The van der Waals surface area contributed by atoms with Crippen LogP contribution in [0.1, 0.15) is 23.1 Å². The van der Waals surface area contributed by atoms with Crippen molar-refractivity contribution in [3.05, 3.63) is 34.9 Å². The number of rotatable bonds is 3. The zero-order chi connectivity index (χ0) is 10.6. The smallest absolute Gasteiger partial charge is 0.234 e. The third-order valence-electron chi connectivity index (χ3n) is 2.37. The molecule has 3 nitrogen and oxygen atoms in total. The Morgan fingerprint density at radius 1 is 1.36 bits per heavy atom. The SMILES string of the molecule is Cc1ccc(CCC(=O)NN)cc1C. The summed E-state index contributed by atoms with van der Waals surface area (Å²) in [5, 5.41) is 0. The quantitative estimate of drug-likeness (QED) is 0.430. The number of carbonyl (C=O) groups excluding carboxylic acids is 1. The molecule has 14 heavy (non-hydrogen) atoms. The largest absolute Gasteiger partial charge is 0.294 e. The van der Waals surface area contributed by atoms with Gasteiger partial charge in [-0.1, -0.05) is 18.2 Å². The summed E-state index contributed by atoms with van der Waals surface area (Å²) in [4.78, 5) is 10.9. The van der Waals surface area contributed by atoms with Crippen LogP contribution in [-0.4, -0.2) is 5.91 Å². The van der Waals surface area contributed by atoms with E-state index in [1.807, 2.05) is 6.07 Å². The standard InChI is InChI=1S/C11H16N2O/c1-8-3-4-10(7-9(8)2)5-6-11(14)13-12/h3-4,7H,5-6,12H2,1-2H3,(H,13,14). The lowest BCUT2D eigenvalue weighted by Crippen LogP contribution is -2.30. The molecule has 0 radical (unpaired) electrons. The summed E-state index contributed by atoms with van der Waals surface area (Å²) < 4.78 is 0. The van der Waals surface area contributed by atoms with Gasteiger partial charge in [-0.2, -0.15) is 0 Å². The van der Waals surface area contributed by atoms with Crippen molar-refractivity contribution in [2.24, 2.45) is 5.84 Å². The van der Waals surface area contributed by atoms with Crippen molar-refractivity contribution >= 4 is 5.91 Å². The number of nitrogens with one attached hydrogen (secondary N) is 1. The maximum atomic E-state index is 10.9. The number of hydrogen-bond donors (Lipinski definition) is 2. The van der Waals surface area contributed by atoms with E-state index in [1.165, 1.54) is 16.7 Å². The van der Waals surface area contributed by atoms with E-state index in [0.717, 1.165) is 6.42 Å². The fourth-order valence-corrected chi connectivity index (χ4v) is 1.29. The van der Waals surface area contributed by atoms with Crippen molar-refractivity contribution in [3.8, 4) is 0 Å². The predicted molar refractivity (Wildman–Crippen MR) is 56.6 cm³/mol. The summed E-state index contributed by atoms with van der Waals surface area (Å²) in [6.07, 6.45) is 1.18. The Labute approximate surface area is 84.3 Å². The molecule has 0 bridgehead atoms. The Bertz CT molecular complexity index is 334. The monoisotopic (exact) mass is 192 g/mol. The average Bonchev–Trinajstić information content (AvgIpc) is 2.19. The topological polar surface area (TPSA) is 55.1 Å². The average molecular weight is 192 g/mol. The van der Waals surface area contributed by atoms with Gasteiger partial charge in [-0.3, -0.25) is 10.2 Å². The van der Waals surface area contributed by atoms with Gasteiger partial charge in [-0.15, -0.1) is 0 Å². The number of aryl methyl sites for hydroxylation is 3. The molecule has 76 valence electrons. The Morgan fingerprint density at radius 2 is 2.07 bits per heavy atom. The predicted octanol–water partition coefficient (Wildman–Crippen LogP) is 1.23. The van der Waals surface area contributed by atoms with Gasteiger partial charge in [0.1, 0.15) is 0 Å². The van der Waals surface area contributed by atoms with Crippen LogP contribution in [0.15, 0.2) is 18.2 Å². The van der Waals surface area contributed by atoms with E-state index >= 15 is 0 Å². The number of carbonyl (C=O) groups is 1. The fraction of sp³-hybridized carbons (Fsp3) is 0.364. The molecule has 0 aromatic heterocycles. The molecule has 0 aliphatic heterocycles. The summed E-state index contributed by atoms with van der Waals surface area (Å²) in [7, 11) is 0. The van der Waals surface area contributed by atoms with E-state index in [4.69, 9.17) is 5.84 Å². The first-order chi connectivity index (χ1) is 6.63. The summed E-state index contributed by atoms with van der Waals surface area (Å²) >= 11 is 0. The van der Waals surface area contributed by atoms with E-state index in [1.54, 1.807) is 0 Å². The number of amides is 1. The van der Waals surface area contributed by atoms with Crippen LogP contribution < -0.4 is 11.3 Å². The van der Waals surface area contributed by atoms with Crippen LogP contribution in [0, 0.1) is 13.8 Å². The van der Waals surface area contributed by atoms with Crippen LogP contribution in [-0.2, 0) is 11.2 Å². The van der Waals surface area contributed by atoms with Gasteiger partial charge in [-0.05, 0) is 37.0 Å². The zero-order valence-electron chi connectivity index (χ0n) is 8.63. The highest BCUT2D eigenvalue weighted by atomic mass is 16.2. The lowest BCUT2D eigenvalue weighted by Gasteiger charge is -2.04. The Balaban J connectivity index is 2.60. The molecule has 0 unspecified atom stereocenters. The minimum Gasteiger partial charge on any atom is -0.294 e. The van der Waals surface area contributed by atoms with E-state index in [-0.39, 0.29) is 5.91 Å². The Hall–Kier alpha value is -1.35. The molecule has 0 saturated heterocycles. The molecule has 0 aliphatic carbocycles. The first kappa shape index (κ1) is 10.7. The molecule has 0 heterocycles. The molecular formula is C11H16N2O. The van der Waals surface area contributed by atoms with E-state index in [9.17, 15) is 4.79 Å². The highest BCUT2D eigenvalue weighted by Crippen LogP contribution is 2.11. The number of benzene rings is 1. The fourth-order valence-electron chi connectivity index (χ4n) is 1.29. The second kappa shape index (κ2) is 4.77. The molecule has 1 aromatic rings. The summed E-state index contributed by atoms with van der Waals surface area (Å²) in [5.74, 6) is 4.87. The van der Waals surface area contributed by atoms with E-state index in [2.05, 4.69) is 31.4 Å². The zero-order valence-corrected chi connectivity index (χ0v) is 8.63. The van der Waals surface area contributed by atoms with Gasteiger partial charge < -0.3 is 0 Å². The first-order valence-corrected chi connectivity index (χ1v) is 4.69. The third-order valence-corrected chi connectivity index (χ3v) is 2.37. The molecule has 3 N–H and O–H groups in total. The van der Waals surface area contributed by atoms with Crippen LogP contribution >= 0.6 is 0 Å². The molecule has 0 fully saturated rings. The number of hydrogen-bond acceptors (Lipinski definition) is 2. The van der Waals surface area contributed by atoms with Gasteiger partial charge in [0.15, 0.2) is 0 Å². The van der Waals surface area contributed by atoms with E-state index in [0.29, 0.717) is 6.42 Å². The molecule has 0 saturated carbocycles. The van der Waals surface area contributed by atoms with E-state index < -0.39 is 0 Å². The van der Waals surface area contributed by atoms with Crippen LogP contribution in [0.5, 0.6) is 0 Å². The third kappa shape index (κ3) is 2.85. The minimum atomic E-state index is -0.122. The Kier molecular flexibility index (Phi) is 3.65. The summed E-state index contributed by atoms with van der Waals surface area (Å²) in [5.41, 5.74) is 5.83. The lowest BCUT2D eigenvalue weighted by molar-refractivity contribution is -0.121. The maximum Gasteiger partial charge on any atom is 0.234 e. The van der Waals surface area contributed by atoms with Gasteiger partial charge >= 0.3 is 0 Å². The molecule has 1 rings (SSSR count). The lowest BCUT2D eigenvalue weighted by atomic mass is 10.0. The van der Waals surface area contributed by atoms with Crippen molar-refractivity contribution in [1.29, 1.82) is 0 Å². The van der Waals surface area contributed by atoms with Crippen LogP contribution in [0.2, 0.25) is 0 Å². The second-order valence-electron chi connectivity index (χ2n) is 3.49. The van der Waals surface area contributed by atoms with Gasteiger partial charge in [0.25, 0.3) is 0 Å². The molecule has 0 spiro atoms. The number of nitrogens with two attached hydrogens (primary N) is 1. The molecule has 1 amide bonds. The summed E-state index contributed by atoms with van der Waals surface area (Å²) in [6, 6.07) is 6.23. The molecule has 1 aromatic carbocycles. The van der Waals surface area contributed by atoms with Crippen LogP contribution in [0.25, 0.3) is 0 Å². The number of hydrazine groups is 1. The van der Waals surface area contributed by atoms with Crippen LogP contribution in [0.4, 0.5) is 0 Å². The second-order valence-corrected chi connectivity index (χ2v) is 3.49. The normalized spacial score (nSPS) is 9.93. The Morgan fingerprint density at radius 3 is 2.64 bits per heavy atom. The molecule has 0 aliphatic rings. The maximum absolute atomic E-state index is 10.9. The highest BCUT2D eigenvalue weighted by Gasteiger charge is 2.00. The first-order valence-electron chi connectivity index (χ1n) is 4.69. The van der Waals surface area contributed by atoms with Gasteiger partial charge in [0.2, 0.25) is 5.91 Å². The highest BCUT2D eigenvalue weighted by molar-refractivity contribution is 5.75. The van der Waals surface area contributed by atoms with Gasteiger partial charge in [-0.25, -0.2) is 5.84 Å². The van der Waals surface area contributed by atoms with Crippen molar-refractivity contribution in [3.63, 3.8) is 0 Å². The minimum absolute atomic E-state index is 0.122. The van der Waals surface area contributed by atoms with Gasteiger partial charge in [0, 0.05) is 6.42 Å². The molecular weight excluding hydrogens is 176 g/mol. The van der Waals surface area contributed by atoms with Crippen molar-refractivity contribution < 1.29 is 4.79 Å². The van der Waals surface area contributed by atoms with Crippen LogP contribution in [0.3, 0.4) is 0 Å². The van der Waals surface area contributed by atoms with Crippen molar-refractivity contribution in [2.45, 2.75) is 26.7 Å². The molecule has 0 atom stereocenters.